The Labute approximate surface area is 328 Å². The first-order valence-electron chi connectivity index (χ1n) is 18.3. The molecule has 23 nitrogen and oxygen atoms in total. The van der Waals surface area contributed by atoms with Crippen LogP contribution in [0.1, 0.15) is 60.3 Å². The smallest absolute Gasteiger partial charge is 0.306 e. The van der Waals surface area contributed by atoms with Gasteiger partial charge in [-0.15, -0.1) is 0 Å². The molecule has 0 spiro atoms. The lowest BCUT2D eigenvalue weighted by Crippen LogP contribution is -2.62. The Morgan fingerprint density at radius 3 is 1.19 bits per heavy atom. The molecule has 2 rings (SSSR count). The molecule has 0 aliphatic carbocycles. The minimum absolute atomic E-state index is 0.00472. The predicted molar refractivity (Wildman–Crippen MR) is 184 cm³/mol. The van der Waals surface area contributed by atoms with Crippen LogP contribution in [-0.2, 0) is 66.6 Å². The van der Waals surface area contributed by atoms with Gasteiger partial charge >= 0.3 is 29.8 Å². The van der Waals surface area contributed by atoms with Crippen LogP contribution in [0.25, 0.3) is 0 Å². The van der Waals surface area contributed by atoms with Crippen molar-refractivity contribution in [3.05, 3.63) is 0 Å². The molecule has 0 aromatic heterocycles. The highest BCUT2D eigenvalue weighted by Crippen LogP contribution is 2.29. The lowest BCUT2D eigenvalue weighted by Gasteiger charge is -2.43. The minimum Gasteiger partial charge on any atom is -0.463 e. The van der Waals surface area contributed by atoms with E-state index in [1.54, 1.807) is 0 Å². The van der Waals surface area contributed by atoms with Gasteiger partial charge in [-0.05, 0) is 0 Å². The number of carbonyl (C=O) groups is 5. The van der Waals surface area contributed by atoms with Crippen molar-refractivity contribution in [3.63, 3.8) is 0 Å². The number of rotatable bonds is 21. The quantitative estimate of drug-likeness (QED) is 0.0388. The van der Waals surface area contributed by atoms with Gasteiger partial charge in [-0.2, -0.15) is 0 Å². The first-order chi connectivity index (χ1) is 26.9. The highest BCUT2D eigenvalue weighted by molar-refractivity contribution is 5.71. The number of hydrogen-bond donors (Lipinski definition) is 9. The van der Waals surface area contributed by atoms with Crippen LogP contribution in [0.2, 0.25) is 0 Å². The van der Waals surface area contributed by atoms with Crippen LogP contribution in [-0.4, -0.2) is 201 Å². The second kappa shape index (κ2) is 26.8. The van der Waals surface area contributed by atoms with Crippen molar-refractivity contribution in [1.29, 1.82) is 0 Å². The van der Waals surface area contributed by atoms with E-state index >= 15 is 0 Å². The maximum atomic E-state index is 11.9. The molecule has 2 fully saturated rings. The first kappa shape index (κ1) is 51.8. The largest absolute Gasteiger partial charge is 0.463 e. The maximum absolute atomic E-state index is 11.9. The van der Waals surface area contributed by atoms with Gasteiger partial charge in [-0.1, -0.05) is 27.7 Å². The van der Waals surface area contributed by atoms with Gasteiger partial charge in [0.1, 0.15) is 55.4 Å². The topological polar surface area (TPSA) is 350 Å². The number of ether oxygens (including phenoxy) is 9. The summed E-state index contributed by atoms with van der Waals surface area (Å²) in [6.45, 7) is 3.71. The van der Waals surface area contributed by atoms with Crippen molar-refractivity contribution in [3.8, 4) is 0 Å². The normalized spacial score (nSPS) is 29.3. The monoisotopic (exact) mass is 834 g/mol. The third-order valence-corrected chi connectivity index (χ3v) is 8.22. The zero-order chi connectivity index (χ0) is 43.4. The number of carbonyl (C=O) groups excluding carboxylic acids is 5. The number of esters is 5. The Morgan fingerprint density at radius 2 is 0.877 bits per heavy atom. The predicted octanol–water partition coefficient (Wildman–Crippen LogP) is -4.55. The van der Waals surface area contributed by atoms with Gasteiger partial charge in [0.25, 0.3) is 0 Å². The highest BCUT2D eigenvalue weighted by Gasteiger charge is 2.52. The van der Waals surface area contributed by atoms with E-state index in [0.717, 1.165) is 6.92 Å². The van der Waals surface area contributed by atoms with Crippen LogP contribution in [0.3, 0.4) is 0 Å². The molecule has 2 saturated heterocycles. The molecule has 2 aliphatic heterocycles. The third kappa shape index (κ3) is 16.9. The zero-order valence-electron chi connectivity index (χ0n) is 32.4. The van der Waals surface area contributed by atoms with Crippen LogP contribution in [0.5, 0.6) is 0 Å². The Kier molecular flexibility index (Phi) is 24.3. The van der Waals surface area contributed by atoms with Crippen LogP contribution < -0.4 is 0 Å². The minimum atomic E-state index is -1.53. The molecule has 0 aromatic carbocycles. The summed E-state index contributed by atoms with van der Waals surface area (Å²) in [5, 5.41) is 86.4. The second-order valence-corrected chi connectivity index (χ2v) is 12.6. The maximum Gasteiger partial charge on any atom is 0.306 e. The van der Waals surface area contributed by atoms with E-state index in [4.69, 9.17) is 52.8 Å². The van der Waals surface area contributed by atoms with E-state index in [9.17, 15) is 59.7 Å². The SMILES string of the molecule is CCC(=O)OC1[C@H](OC[C@@H](O)[C@@H](O)CO)OC(CO)[C@@H](O)[C@@H]1OC(=O)CC.CCC(=O)OC1[C@H](OC[C@@H](O)[C@@H](O)CO)OC(COC(C)=O)[C@@H](O)[C@@H]1OC(=O)CC. The molecule has 2 aliphatic rings. The molecule has 2 heterocycles. The fourth-order valence-corrected chi connectivity index (χ4v) is 4.85. The van der Waals surface area contributed by atoms with E-state index in [2.05, 4.69) is 0 Å². The first-order valence-corrected chi connectivity index (χ1v) is 18.3. The third-order valence-electron chi connectivity index (χ3n) is 8.22. The van der Waals surface area contributed by atoms with Crippen molar-refractivity contribution in [1.82, 2.24) is 0 Å². The second-order valence-electron chi connectivity index (χ2n) is 12.6. The zero-order valence-corrected chi connectivity index (χ0v) is 32.4. The summed E-state index contributed by atoms with van der Waals surface area (Å²) in [5.74, 6) is -3.40. The molecular weight excluding hydrogens is 776 g/mol. The van der Waals surface area contributed by atoms with Crippen molar-refractivity contribution in [2.45, 2.75) is 146 Å². The molecular formula is C34H58O23. The van der Waals surface area contributed by atoms with E-state index in [0.29, 0.717) is 0 Å². The number of aliphatic hydroxyl groups is 9. The molecule has 9 N–H and O–H groups in total. The average molecular weight is 835 g/mol. The van der Waals surface area contributed by atoms with Crippen molar-refractivity contribution in [2.24, 2.45) is 0 Å². The van der Waals surface area contributed by atoms with E-state index < -0.39 is 155 Å². The Bertz CT molecular complexity index is 1220. The van der Waals surface area contributed by atoms with Crippen LogP contribution >= 0.6 is 0 Å². The molecule has 57 heavy (non-hydrogen) atoms. The molecule has 23 heteroatoms. The van der Waals surface area contributed by atoms with Crippen LogP contribution in [0, 0.1) is 0 Å². The Hall–Kier alpha value is -3.17. The Morgan fingerprint density at radius 1 is 0.544 bits per heavy atom. The Balaban J connectivity index is 0.000000573. The van der Waals surface area contributed by atoms with E-state index in [1.165, 1.54) is 27.7 Å². The fraction of sp³-hybridized carbons (Fsp3) is 0.853. The van der Waals surface area contributed by atoms with Crippen molar-refractivity contribution < 1.29 is 113 Å². The molecule has 332 valence electrons. The molecule has 0 radical (unpaired) electrons. The van der Waals surface area contributed by atoms with Gasteiger partial charge in [0.05, 0.1) is 33.0 Å². The molecule has 14 atom stereocenters. The number of aliphatic hydroxyl groups excluding tert-OH is 9. The van der Waals surface area contributed by atoms with Gasteiger partial charge in [0.2, 0.25) is 0 Å². The van der Waals surface area contributed by atoms with Gasteiger partial charge in [0, 0.05) is 32.6 Å². The van der Waals surface area contributed by atoms with E-state index in [-0.39, 0.29) is 25.7 Å². The summed E-state index contributed by atoms with van der Waals surface area (Å²) < 4.78 is 47.3. The van der Waals surface area contributed by atoms with Crippen LogP contribution in [0.4, 0.5) is 0 Å². The molecule has 0 saturated carbocycles. The lowest BCUT2D eigenvalue weighted by atomic mass is 9.98. The molecule has 4 unspecified atom stereocenters. The summed E-state index contributed by atoms with van der Waals surface area (Å²) in [5.41, 5.74) is 0. The summed E-state index contributed by atoms with van der Waals surface area (Å²) in [6.07, 6.45) is -19.9. The average Bonchev–Trinajstić information content (AvgIpc) is 3.20. The molecule has 0 bridgehead atoms. The summed E-state index contributed by atoms with van der Waals surface area (Å²) in [6, 6.07) is 0. The van der Waals surface area contributed by atoms with Gasteiger partial charge in [0.15, 0.2) is 37.0 Å². The van der Waals surface area contributed by atoms with Gasteiger partial charge < -0.3 is 88.6 Å². The van der Waals surface area contributed by atoms with Crippen molar-refractivity contribution in [2.75, 3.05) is 39.6 Å². The highest BCUT2D eigenvalue weighted by atomic mass is 16.7. The standard InChI is InChI=1S/C18H30O12.C16H28O11/c1-4-13(23)29-16-15(25)12(8-26-9(3)20)28-18(17(16)30-14(24)5-2)27-7-11(22)10(21)6-19;1-3-11(21)26-14-13(23)10(6-18)25-16(15(14)27-12(22)4-2)24-7-9(20)8(19)5-17/h10-12,15-19,21-22,25H,4-8H2,1-3H3;8-10,13-20,23H,3-7H2,1-2H3/t10-,11+,12?,15+,16-,17?,18+;8-,9+,10?,13+,14-,15?,16+/m00/s1. The van der Waals surface area contributed by atoms with E-state index in [1.807, 2.05) is 0 Å². The summed E-state index contributed by atoms with van der Waals surface area (Å²) in [4.78, 5) is 58.3. The van der Waals surface area contributed by atoms with Gasteiger partial charge in [-0.25, -0.2) is 0 Å². The number of hydrogen-bond acceptors (Lipinski definition) is 23. The fourth-order valence-electron chi connectivity index (χ4n) is 4.85. The molecule has 0 amide bonds. The van der Waals surface area contributed by atoms with Crippen molar-refractivity contribution >= 4 is 29.8 Å². The molecule has 0 aromatic rings. The van der Waals surface area contributed by atoms with Crippen LogP contribution in [0.15, 0.2) is 0 Å². The summed E-state index contributed by atoms with van der Waals surface area (Å²) >= 11 is 0. The lowest BCUT2D eigenvalue weighted by molar-refractivity contribution is -0.311. The summed E-state index contributed by atoms with van der Waals surface area (Å²) in [7, 11) is 0. The van der Waals surface area contributed by atoms with Gasteiger partial charge in [-0.3, -0.25) is 24.0 Å².